The molecule has 0 N–H and O–H groups in total. The number of fused-ring (bicyclic) bond motifs is 1. The monoisotopic (exact) mass is 366 g/mol. The molecule has 0 saturated carbocycles. The van der Waals surface area contributed by atoms with Gasteiger partial charge in [0.1, 0.15) is 11.2 Å². The second-order valence-electron chi connectivity index (χ2n) is 5.29. The summed E-state index contributed by atoms with van der Waals surface area (Å²) in [6, 6.07) is 12.6. The van der Waals surface area contributed by atoms with Crippen LogP contribution in [0.15, 0.2) is 54.6 Å². The lowest BCUT2D eigenvalue weighted by atomic mass is 10.1. The molecule has 5 nitrogen and oxygen atoms in total. The molecule has 0 atom stereocenters. The van der Waals surface area contributed by atoms with Crippen molar-refractivity contribution in [3.63, 3.8) is 0 Å². The van der Waals surface area contributed by atoms with Gasteiger partial charge >= 0.3 is 6.18 Å². The molecule has 1 aromatic heterocycles. The van der Waals surface area contributed by atoms with Crippen LogP contribution in [0, 0.1) is 10.1 Å². The SMILES string of the molecule is CCOC.O=[N+]([O-])n1c(-c2ccc(C(F)(F)F)cc2)cc2ccccc21. The van der Waals surface area contributed by atoms with Gasteiger partial charge < -0.3 is 4.74 Å². The molecule has 0 unspecified atom stereocenters. The fourth-order valence-electron chi connectivity index (χ4n) is 2.35. The number of methoxy groups -OCH3 is 1. The van der Waals surface area contributed by atoms with Gasteiger partial charge in [-0.15, -0.1) is 0 Å². The first kappa shape index (κ1) is 19.5. The average Bonchev–Trinajstić information content (AvgIpc) is 3.01. The van der Waals surface area contributed by atoms with E-state index in [-0.39, 0.29) is 5.69 Å². The zero-order valence-electron chi connectivity index (χ0n) is 14.2. The maximum Gasteiger partial charge on any atom is 0.416 e. The third-order valence-corrected chi connectivity index (χ3v) is 3.65. The lowest BCUT2D eigenvalue weighted by molar-refractivity contribution is -0.535. The zero-order chi connectivity index (χ0) is 19.3. The first-order valence-corrected chi connectivity index (χ1v) is 7.71. The van der Waals surface area contributed by atoms with Crippen molar-refractivity contribution in [1.82, 2.24) is 4.68 Å². The summed E-state index contributed by atoms with van der Waals surface area (Å²) in [7, 11) is 1.68. The molecular weight excluding hydrogens is 349 g/mol. The number of halogens is 3. The Morgan fingerprint density at radius 2 is 1.69 bits per heavy atom. The van der Waals surface area contributed by atoms with E-state index in [9.17, 15) is 23.3 Å². The molecule has 0 radical (unpaired) electrons. The fourth-order valence-corrected chi connectivity index (χ4v) is 2.35. The van der Waals surface area contributed by atoms with E-state index in [0.29, 0.717) is 16.5 Å². The predicted molar refractivity (Wildman–Crippen MR) is 92.3 cm³/mol. The Balaban J connectivity index is 0.000000552. The molecule has 0 saturated heterocycles. The van der Waals surface area contributed by atoms with Crippen LogP contribution in [0.4, 0.5) is 13.2 Å². The quantitative estimate of drug-likeness (QED) is 0.483. The number of hydrogen-bond acceptors (Lipinski definition) is 3. The number of aromatic nitrogens is 1. The van der Waals surface area contributed by atoms with Crippen molar-refractivity contribution >= 4 is 10.9 Å². The van der Waals surface area contributed by atoms with Gasteiger partial charge in [0.2, 0.25) is 0 Å². The van der Waals surface area contributed by atoms with Crippen LogP contribution in [0.2, 0.25) is 0 Å². The Kier molecular flexibility index (Phi) is 5.99. The molecule has 0 fully saturated rings. The maximum absolute atomic E-state index is 12.6. The highest BCUT2D eigenvalue weighted by atomic mass is 19.4. The number of rotatable bonds is 3. The van der Waals surface area contributed by atoms with Gasteiger partial charge in [-0.25, -0.2) is 10.1 Å². The van der Waals surface area contributed by atoms with Gasteiger partial charge in [-0.3, -0.25) is 0 Å². The molecule has 0 bridgehead atoms. The van der Waals surface area contributed by atoms with E-state index in [1.807, 2.05) is 6.92 Å². The smallest absolute Gasteiger partial charge is 0.385 e. The van der Waals surface area contributed by atoms with E-state index >= 15 is 0 Å². The summed E-state index contributed by atoms with van der Waals surface area (Å²) in [5.74, 6) is 0. The van der Waals surface area contributed by atoms with E-state index < -0.39 is 16.8 Å². The fraction of sp³-hybridized carbons (Fsp3) is 0.222. The molecular formula is C18H17F3N2O3. The molecule has 2 aromatic carbocycles. The average molecular weight is 366 g/mol. The molecule has 0 spiro atoms. The van der Waals surface area contributed by atoms with Gasteiger partial charge in [0.05, 0.1) is 5.56 Å². The van der Waals surface area contributed by atoms with E-state index in [1.54, 1.807) is 37.4 Å². The molecule has 1 heterocycles. The van der Waals surface area contributed by atoms with Crippen molar-refractivity contribution in [2.75, 3.05) is 13.7 Å². The summed E-state index contributed by atoms with van der Waals surface area (Å²) in [6.45, 7) is 2.78. The summed E-state index contributed by atoms with van der Waals surface area (Å²) < 4.78 is 43.2. The van der Waals surface area contributed by atoms with Crippen LogP contribution >= 0.6 is 0 Å². The molecule has 26 heavy (non-hydrogen) atoms. The Hall–Kier alpha value is -2.87. The van der Waals surface area contributed by atoms with Gasteiger partial charge in [0.15, 0.2) is 5.03 Å². The minimum atomic E-state index is -4.44. The van der Waals surface area contributed by atoms with Crippen molar-refractivity contribution in [2.24, 2.45) is 0 Å². The van der Waals surface area contributed by atoms with Crippen molar-refractivity contribution in [3.8, 4) is 11.3 Å². The summed E-state index contributed by atoms with van der Waals surface area (Å²) in [5.41, 5.74) is 0.184. The van der Waals surface area contributed by atoms with Crippen LogP contribution in [0.5, 0.6) is 0 Å². The molecule has 0 aliphatic rings. The van der Waals surface area contributed by atoms with Gasteiger partial charge in [-0.1, -0.05) is 35.0 Å². The first-order valence-electron chi connectivity index (χ1n) is 7.71. The highest BCUT2D eigenvalue weighted by molar-refractivity contribution is 5.86. The van der Waals surface area contributed by atoms with Gasteiger partial charge in [-0.2, -0.15) is 13.2 Å². The van der Waals surface area contributed by atoms with E-state index in [1.165, 1.54) is 12.1 Å². The van der Waals surface area contributed by atoms with Crippen LogP contribution in [-0.4, -0.2) is 23.4 Å². The second kappa shape index (κ2) is 8.01. The molecule has 0 amide bonds. The lowest BCUT2D eigenvalue weighted by Crippen LogP contribution is -2.09. The highest BCUT2D eigenvalue weighted by Crippen LogP contribution is 2.32. The Morgan fingerprint density at radius 1 is 1.12 bits per heavy atom. The number of nitro groups is 1. The second-order valence-corrected chi connectivity index (χ2v) is 5.29. The highest BCUT2D eigenvalue weighted by Gasteiger charge is 2.30. The minimum absolute atomic E-state index is 0.236. The van der Waals surface area contributed by atoms with Crippen LogP contribution in [-0.2, 0) is 10.9 Å². The topological polar surface area (TPSA) is 57.3 Å². The molecule has 0 aliphatic heterocycles. The van der Waals surface area contributed by atoms with E-state index in [0.717, 1.165) is 23.4 Å². The molecule has 138 valence electrons. The van der Waals surface area contributed by atoms with Crippen LogP contribution < -0.4 is 0 Å². The van der Waals surface area contributed by atoms with E-state index in [2.05, 4.69) is 4.74 Å². The first-order chi connectivity index (χ1) is 12.3. The van der Waals surface area contributed by atoms with Crippen LogP contribution in [0.1, 0.15) is 12.5 Å². The third-order valence-electron chi connectivity index (χ3n) is 3.65. The molecule has 3 aromatic rings. The van der Waals surface area contributed by atoms with Crippen molar-refractivity contribution in [3.05, 3.63) is 70.3 Å². The number of ether oxygens (including phenoxy) is 1. The third kappa shape index (κ3) is 4.20. The van der Waals surface area contributed by atoms with Gasteiger partial charge in [0.25, 0.3) is 0 Å². The van der Waals surface area contributed by atoms with Gasteiger partial charge in [-0.05, 0) is 31.2 Å². The lowest BCUT2D eigenvalue weighted by Gasteiger charge is -2.07. The Labute approximate surface area is 147 Å². The minimum Gasteiger partial charge on any atom is -0.385 e. The van der Waals surface area contributed by atoms with Crippen molar-refractivity contribution < 1.29 is 22.9 Å². The maximum atomic E-state index is 12.6. The Morgan fingerprint density at radius 3 is 2.19 bits per heavy atom. The van der Waals surface area contributed by atoms with Gasteiger partial charge in [0, 0.05) is 24.7 Å². The number of hydrogen-bond donors (Lipinski definition) is 0. The van der Waals surface area contributed by atoms with Crippen molar-refractivity contribution in [2.45, 2.75) is 13.1 Å². The summed E-state index contributed by atoms with van der Waals surface area (Å²) in [5, 5.41) is 11.3. The number of alkyl halides is 3. The van der Waals surface area contributed by atoms with Crippen LogP contribution in [0.25, 0.3) is 22.2 Å². The van der Waals surface area contributed by atoms with Crippen molar-refractivity contribution in [1.29, 1.82) is 0 Å². The molecule has 3 rings (SSSR count). The number of para-hydroxylation sites is 1. The summed E-state index contributed by atoms with van der Waals surface area (Å²) >= 11 is 0. The molecule has 0 aliphatic carbocycles. The Bertz CT molecular complexity index is 885. The predicted octanol–water partition coefficient (Wildman–Crippen LogP) is 5.02. The van der Waals surface area contributed by atoms with E-state index in [4.69, 9.17) is 0 Å². The normalized spacial score (nSPS) is 11.1. The summed E-state index contributed by atoms with van der Waals surface area (Å²) in [6.07, 6.45) is -4.44. The standard InChI is InChI=1S/C15H9F3N2O2.C3H8O/c16-15(17,18)12-7-5-10(6-8-12)14-9-11-3-1-2-4-13(11)19(14)20(21)22;1-3-4-2/h1-9H;3H2,1-2H3. The van der Waals surface area contributed by atoms with Crippen LogP contribution in [0.3, 0.4) is 0 Å². The summed E-state index contributed by atoms with van der Waals surface area (Å²) in [4.78, 5) is 11.3. The largest absolute Gasteiger partial charge is 0.416 e. The zero-order valence-corrected chi connectivity index (χ0v) is 14.2. The number of nitrogens with zero attached hydrogens (tertiary/aromatic N) is 2. The number of benzene rings is 2. The molecule has 8 heteroatoms.